The maximum atomic E-state index is 4.73. The van der Waals surface area contributed by atoms with Crippen molar-refractivity contribution in [1.29, 1.82) is 0 Å². The number of nitrogens with zero attached hydrogens (tertiary/aromatic N) is 1. The zero-order valence-electron chi connectivity index (χ0n) is 12.8. The van der Waals surface area contributed by atoms with Crippen LogP contribution in [0.15, 0.2) is 59.8 Å². The van der Waals surface area contributed by atoms with E-state index in [2.05, 4.69) is 67.4 Å². The third-order valence-corrected chi connectivity index (χ3v) is 26.2. The van der Waals surface area contributed by atoms with Crippen LogP contribution in [-0.4, -0.2) is 22.3 Å². The molecule has 0 saturated heterocycles. The molecule has 0 saturated carbocycles. The molecule has 0 unspecified atom stereocenters. The van der Waals surface area contributed by atoms with E-state index in [0.29, 0.717) is 0 Å². The van der Waals surface area contributed by atoms with E-state index >= 15 is 0 Å². The topological polar surface area (TPSA) is 28.7 Å². The fraction of sp³-hybridized carbons (Fsp3) is 0.235. The van der Waals surface area contributed by atoms with Crippen LogP contribution in [0.1, 0.15) is 13.8 Å². The van der Waals surface area contributed by atoms with Crippen LogP contribution in [0.2, 0.25) is 0 Å². The van der Waals surface area contributed by atoms with Crippen molar-refractivity contribution in [1.82, 2.24) is 9.97 Å². The Morgan fingerprint density at radius 1 is 1.00 bits per heavy atom. The molecule has 1 N–H and O–H groups in total. The average Bonchev–Trinajstić information content (AvgIpc) is 3.00. The molecule has 5 heteroatoms. The molecule has 3 rings (SSSR count). The quantitative estimate of drug-likeness (QED) is 0.383. The summed E-state index contributed by atoms with van der Waals surface area (Å²) in [6, 6.07) is 19.5. The maximum absolute atomic E-state index is 4.73. The predicted octanol–water partition coefficient (Wildman–Crippen LogP) is 4.68. The van der Waals surface area contributed by atoms with Crippen LogP contribution in [0.4, 0.5) is 0 Å². The summed E-state index contributed by atoms with van der Waals surface area (Å²) in [7, 11) is 1.99. The second-order valence-corrected chi connectivity index (χ2v) is 21.5. The van der Waals surface area contributed by atoms with Crippen molar-refractivity contribution in [3.8, 4) is 0 Å². The normalized spacial score (nSPS) is 12.8. The molecule has 2 aromatic carbocycles. The molecule has 0 fully saturated rings. The third-order valence-electron chi connectivity index (χ3n) is 3.91. The van der Waals surface area contributed by atoms with E-state index in [1.807, 2.05) is 15.3 Å². The Balaban J connectivity index is 1.82. The van der Waals surface area contributed by atoms with E-state index in [0.717, 1.165) is 16.2 Å². The Morgan fingerprint density at radius 2 is 1.68 bits per heavy atom. The zero-order chi connectivity index (χ0) is 15.4. The molecule has 0 amide bonds. The molecule has 121 valence electrons. The first kappa shape index (κ1) is 16.3. The first-order valence-corrected chi connectivity index (χ1v) is 16.3. The summed E-state index contributed by atoms with van der Waals surface area (Å²) in [5.41, 5.74) is 2.22. The van der Waals surface area contributed by atoms with Gasteiger partial charge in [-0.25, -0.2) is 0 Å². The molecule has 22 heavy (non-hydrogen) atoms. The van der Waals surface area contributed by atoms with Crippen molar-refractivity contribution in [3.63, 3.8) is 0 Å². The molecular formula is C17H21AuN2PS. The second kappa shape index (κ2) is 7.33. The number of hydrogen-bond donors (Lipinski definition) is 1. The minimum atomic E-state index is -1.35. The molecule has 1 heterocycles. The van der Waals surface area contributed by atoms with E-state index in [-0.39, 0.29) is 17.9 Å². The number of nitrogens with one attached hydrogen (secondary N) is 1. The molecule has 0 bridgehead atoms. The number of fused-ring (bicyclic) bond motifs is 1. The number of para-hydroxylation sites is 2. The van der Waals surface area contributed by atoms with Gasteiger partial charge >= 0.3 is 145 Å². The summed E-state index contributed by atoms with van der Waals surface area (Å²) in [6.07, 6.45) is 2.64. The molecule has 0 aliphatic rings. The number of hydrogen-bond acceptors (Lipinski definition) is 2. The van der Waals surface area contributed by atoms with Crippen LogP contribution in [0.25, 0.3) is 11.0 Å². The molecule has 0 atom stereocenters. The van der Waals surface area contributed by atoms with Crippen LogP contribution in [0.3, 0.4) is 0 Å². The van der Waals surface area contributed by atoms with Gasteiger partial charge in [0.25, 0.3) is 0 Å². The van der Waals surface area contributed by atoms with Gasteiger partial charge < -0.3 is 0 Å². The molecule has 2 nitrogen and oxygen atoms in total. The van der Waals surface area contributed by atoms with Crippen LogP contribution >= 0.6 is 14.4 Å². The Morgan fingerprint density at radius 3 is 2.36 bits per heavy atom. The van der Waals surface area contributed by atoms with Crippen LogP contribution < -0.4 is 5.30 Å². The van der Waals surface area contributed by atoms with Gasteiger partial charge in [-0.15, -0.1) is 0 Å². The van der Waals surface area contributed by atoms with Crippen molar-refractivity contribution in [2.45, 2.75) is 19.0 Å². The number of H-pyrrole nitrogens is 1. The van der Waals surface area contributed by atoms with Gasteiger partial charge in [-0.05, 0) is 0 Å². The Labute approximate surface area is 144 Å². The van der Waals surface area contributed by atoms with Crippen LogP contribution in [0, 0.1) is 0 Å². The fourth-order valence-electron chi connectivity index (χ4n) is 2.55. The Hall–Kier alpha value is -0.570. The summed E-state index contributed by atoms with van der Waals surface area (Å²) in [4.78, 5) is 8.20. The van der Waals surface area contributed by atoms with Gasteiger partial charge in [0.05, 0.1) is 0 Å². The molecule has 3 aromatic rings. The number of imidazole rings is 1. The fourth-order valence-corrected chi connectivity index (χ4v) is 21.9. The van der Waals surface area contributed by atoms with Gasteiger partial charge in [0.2, 0.25) is 0 Å². The number of aromatic amines is 1. The minimum absolute atomic E-state index is 0.172. The number of aromatic nitrogens is 2. The van der Waals surface area contributed by atoms with Gasteiger partial charge in [0, 0.05) is 0 Å². The summed E-state index contributed by atoms with van der Waals surface area (Å²) >= 11 is 0.172. The first-order valence-electron chi connectivity index (χ1n) is 7.53. The molecule has 0 radical (unpaired) electrons. The van der Waals surface area contributed by atoms with Crippen LogP contribution in [0.5, 0.6) is 0 Å². The SMILES string of the molecule is CC[PH](CC)([Au][S]c1nc2ccccc2[nH]1)c1ccccc1. The van der Waals surface area contributed by atoms with Gasteiger partial charge in [-0.1, -0.05) is 0 Å². The second-order valence-electron chi connectivity index (χ2n) is 5.15. The molecule has 0 spiro atoms. The predicted molar refractivity (Wildman–Crippen MR) is 97.4 cm³/mol. The summed E-state index contributed by atoms with van der Waals surface area (Å²) in [6.45, 7) is 4.75. The molecular weight excluding hydrogens is 492 g/mol. The summed E-state index contributed by atoms with van der Waals surface area (Å²) in [5.74, 6) is 0. The number of rotatable bonds is 6. The monoisotopic (exact) mass is 513 g/mol. The summed E-state index contributed by atoms with van der Waals surface area (Å²) < 4.78 is 0. The third kappa shape index (κ3) is 3.34. The van der Waals surface area contributed by atoms with Crippen molar-refractivity contribution >= 4 is 30.7 Å². The van der Waals surface area contributed by atoms with Gasteiger partial charge in [-0.3, -0.25) is 0 Å². The van der Waals surface area contributed by atoms with Gasteiger partial charge in [0.1, 0.15) is 0 Å². The summed E-state index contributed by atoms with van der Waals surface area (Å²) in [5, 5.41) is 1.36. The van der Waals surface area contributed by atoms with E-state index in [4.69, 9.17) is 4.98 Å². The molecule has 0 aliphatic carbocycles. The van der Waals surface area contributed by atoms with Gasteiger partial charge in [0.15, 0.2) is 0 Å². The first-order chi connectivity index (χ1) is 10.8. The van der Waals surface area contributed by atoms with E-state index < -0.39 is 5.15 Å². The zero-order valence-corrected chi connectivity index (χ0v) is 16.8. The van der Waals surface area contributed by atoms with E-state index in [1.165, 1.54) is 12.3 Å². The Kier molecular flexibility index (Phi) is 5.43. The average molecular weight is 513 g/mol. The standard InChI is InChI=1S/C10H15P.C7H6N2S.Au/c1-3-11(4-2)10-8-6-5-7-9-10;10-7-8-5-3-1-2-4-6(5)9-7;/h5-9H,3-4H2,1-2H3;1-4H,(H2,8,9,10);. The molecule has 0 aliphatic heterocycles. The van der Waals surface area contributed by atoms with Crippen molar-refractivity contribution in [2.24, 2.45) is 0 Å². The van der Waals surface area contributed by atoms with Crippen molar-refractivity contribution < 1.29 is 17.9 Å². The van der Waals surface area contributed by atoms with E-state index in [1.54, 1.807) is 5.30 Å². The molecule has 1 aromatic heterocycles. The van der Waals surface area contributed by atoms with Crippen LogP contribution in [-0.2, 0) is 17.9 Å². The van der Waals surface area contributed by atoms with Gasteiger partial charge in [-0.2, -0.15) is 0 Å². The number of benzene rings is 2. The van der Waals surface area contributed by atoms with Crippen molar-refractivity contribution in [3.05, 3.63) is 54.6 Å². The Bertz CT molecular complexity index is 708. The van der Waals surface area contributed by atoms with E-state index in [9.17, 15) is 0 Å². The van der Waals surface area contributed by atoms with Crippen molar-refractivity contribution in [2.75, 3.05) is 12.3 Å².